The fourth-order valence-corrected chi connectivity index (χ4v) is 3.93. The van der Waals surface area contributed by atoms with Gasteiger partial charge in [-0.3, -0.25) is 13.9 Å². The van der Waals surface area contributed by atoms with Crippen LogP contribution in [0.3, 0.4) is 0 Å². The molecule has 0 spiro atoms. The zero-order valence-electron chi connectivity index (χ0n) is 17.3. The molecule has 32 heavy (non-hydrogen) atoms. The lowest BCUT2D eigenvalue weighted by atomic mass is 10.1. The number of methoxy groups -OCH3 is 1. The fourth-order valence-electron chi connectivity index (χ4n) is 3.67. The third kappa shape index (κ3) is 3.66. The van der Waals surface area contributed by atoms with Crippen LogP contribution in [0, 0.1) is 0 Å². The highest BCUT2D eigenvalue weighted by atomic mass is 79.9. The van der Waals surface area contributed by atoms with Crippen molar-refractivity contribution >= 4 is 27.1 Å². The van der Waals surface area contributed by atoms with Gasteiger partial charge in [0, 0.05) is 22.8 Å². The number of fused-ring (bicyclic) bond motifs is 1. The Bertz CT molecular complexity index is 1440. The summed E-state index contributed by atoms with van der Waals surface area (Å²) in [7, 11) is 1.67. The molecule has 5 aromatic rings. The molecule has 0 saturated heterocycles. The summed E-state index contributed by atoms with van der Waals surface area (Å²) in [5.41, 5.74) is 4.10. The lowest BCUT2D eigenvalue weighted by Crippen LogP contribution is -2.22. The highest BCUT2D eigenvalue weighted by molar-refractivity contribution is 9.10. The molecule has 0 N–H and O–H groups in total. The number of nitrogens with zero attached hydrogens (tertiary/aromatic N) is 4. The van der Waals surface area contributed by atoms with Crippen LogP contribution < -0.4 is 5.56 Å². The van der Waals surface area contributed by atoms with Gasteiger partial charge in [-0.2, -0.15) is 0 Å². The molecule has 6 nitrogen and oxygen atoms in total. The molecule has 2 aromatic heterocycles. The van der Waals surface area contributed by atoms with E-state index in [4.69, 9.17) is 9.72 Å². The Labute approximate surface area is 192 Å². The zero-order chi connectivity index (χ0) is 22.1. The van der Waals surface area contributed by atoms with Crippen molar-refractivity contribution in [1.29, 1.82) is 0 Å². The Kier molecular flexibility index (Phi) is 5.43. The lowest BCUT2D eigenvalue weighted by Gasteiger charge is -2.14. The molecule has 0 fully saturated rings. The zero-order valence-corrected chi connectivity index (χ0v) is 18.9. The lowest BCUT2D eigenvalue weighted by molar-refractivity contribution is 0.185. The van der Waals surface area contributed by atoms with Crippen molar-refractivity contribution in [3.8, 4) is 22.8 Å². The predicted octanol–water partition coefficient (Wildman–Crippen LogP) is 5.15. The summed E-state index contributed by atoms with van der Waals surface area (Å²) in [5.74, 6) is 0.548. The molecular weight excluding hydrogens is 468 g/mol. The van der Waals surface area contributed by atoms with E-state index in [2.05, 4.69) is 20.9 Å². The minimum atomic E-state index is -0.219. The molecule has 0 unspecified atom stereocenters. The molecule has 158 valence electrons. The molecule has 2 heterocycles. The van der Waals surface area contributed by atoms with E-state index in [9.17, 15) is 4.79 Å². The van der Waals surface area contributed by atoms with Crippen molar-refractivity contribution in [2.24, 2.45) is 0 Å². The van der Waals surface area contributed by atoms with Gasteiger partial charge in [-0.15, -0.1) is 0 Å². The third-order valence-electron chi connectivity index (χ3n) is 5.21. The van der Waals surface area contributed by atoms with Crippen molar-refractivity contribution in [3.05, 3.63) is 106 Å². The highest BCUT2D eigenvalue weighted by Crippen LogP contribution is 2.24. The number of rotatable bonds is 5. The molecule has 0 saturated carbocycles. The van der Waals surface area contributed by atoms with Crippen molar-refractivity contribution in [1.82, 2.24) is 19.1 Å². The van der Waals surface area contributed by atoms with Gasteiger partial charge in [0.25, 0.3) is 5.56 Å². The van der Waals surface area contributed by atoms with Gasteiger partial charge >= 0.3 is 0 Å². The summed E-state index contributed by atoms with van der Waals surface area (Å²) in [6.07, 6.45) is 1.64. The van der Waals surface area contributed by atoms with Crippen LogP contribution in [0.5, 0.6) is 0 Å². The summed E-state index contributed by atoms with van der Waals surface area (Å²) >= 11 is 3.46. The first-order chi connectivity index (χ1) is 15.7. The summed E-state index contributed by atoms with van der Waals surface area (Å²) < 4.78 is 9.61. The summed E-state index contributed by atoms with van der Waals surface area (Å²) in [6, 6.07) is 25.2. The van der Waals surface area contributed by atoms with Gasteiger partial charge in [-0.25, -0.2) is 9.97 Å². The van der Waals surface area contributed by atoms with Gasteiger partial charge in [-0.05, 0) is 42.0 Å². The maximum Gasteiger partial charge on any atom is 0.286 e. The van der Waals surface area contributed by atoms with E-state index in [0.717, 1.165) is 27.0 Å². The van der Waals surface area contributed by atoms with E-state index in [-0.39, 0.29) is 5.56 Å². The van der Waals surface area contributed by atoms with E-state index in [1.165, 1.54) is 0 Å². The second kappa shape index (κ2) is 8.53. The van der Waals surface area contributed by atoms with E-state index in [1.807, 2.05) is 83.4 Å². The second-order valence-electron chi connectivity index (χ2n) is 7.30. The van der Waals surface area contributed by atoms with Gasteiger partial charge in [-0.1, -0.05) is 58.4 Å². The second-order valence-corrected chi connectivity index (χ2v) is 8.22. The van der Waals surface area contributed by atoms with Crippen LogP contribution >= 0.6 is 15.9 Å². The van der Waals surface area contributed by atoms with Crippen LogP contribution in [0.15, 0.2) is 94.5 Å². The van der Waals surface area contributed by atoms with Crippen LogP contribution in [0.25, 0.3) is 33.9 Å². The van der Waals surface area contributed by atoms with Crippen molar-refractivity contribution < 1.29 is 4.74 Å². The molecule has 7 heteroatoms. The molecule has 0 aliphatic rings. The van der Waals surface area contributed by atoms with E-state index < -0.39 is 0 Å². The normalized spacial score (nSPS) is 11.2. The Morgan fingerprint density at radius 3 is 2.31 bits per heavy atom. The smallest absolute Gasteiger partial charge is 0.286 e. The number of imidazole rings is 1. The van der Waals surface area contributed by atoms with Crippen LogP contribution in [0.4, 0.5) is 0 Å². The van der Waals surface area contributed by atoms with Crippen LogP contribution in [-0.2, 0) is 11.3 Å². The van der Waals surface area contributed by atoms with Crippen molar-refractivity contribution in [3.63, 3.8) is 0 Å². The fraction of sp³-hybridized carbons (Fsp3) is 0.0800. The molecule has 0 aliphatic carbocycles. The molecule has 3 aromatic carbocycles. The highest BCUT2D eigenvalue weighted by Gasteiger charge is 2.18. The first kappa shape index (κ1) is 20.4. The van der Waals surface area contributed by atoms with E-state index >= 15 is 0 Å². The van der Waals surface area contributed by atoms with E-state index in [0.29, 0.717) is 23.6 Å². The molecule has 0 radical (unpaired) electrons. The summed E-state index contributed by atoms with van der Waals surface area (Å²) in [4.78, 5) is 23.0. The number of ether oxygens (including phenoxy) is 1. The number of benzene rings is 3. The van der Waals surface area contributed by atoms with Crippen LogP contribution in [-0.4, -0.2) is 26.2 Å². The average molecular weight is 487 g/mol. The maximum atomic E-state index is 13.6. The van der Waals surface area contributed by atoms with Gasteiger partial charge in [0.05, 0.1) is 12.3 Å². The Hall–Kier alpha value is -3.55. The van der Waals surface area contributed by atoms with Gasteiger partial charge < -0.3 is 4.74 Å². The van der Waals surface area contributed by atoms with Crippen LogP contribution in [0.2, 0.25) is 0 Å². The monoisotopic (exact) mass is 486 g/mol. The van der Waals surface area contributed by atoms with Crippen molar-refractivity contribution in [2.75, 3.05) is 7.11 Å². The number of hydrogen-bond donors (Lipinski definition) is 0. The number of hydrogen-bond acceptors (Lipinski definition) is 4. The van der Waals surface area contributed by atoms with Crippen molar-refractivity contribution in [2.45, 2.75) is 6.61 Å². The summed E-state index contributed by atoms with van der Waals surface area (Å²) in [6.45, 7) is 0.521. The Balaban J connectivity index is 1.79. The van der Waals surface area contributed by atoms with Crippen LogP contribution in [0.1, 0.15) is 5.56 Å². The third-order valence-corrected chi connectivity index (χ3v) is 5.74. The SMILES string of the molecule is COCc1ccc(-c2nc3c(ncn3-c3ccccc3)c(=O)n2-c2ccc(Br)cc2)cc1. The Morgan fingerprint density at radius 2 is 1.62 bits per heavy atom. The predicted molar refractivity (Wildman–Crippen MR) is 128 cm³/mol. The minimum absolute atomic E-state index is 0.219. The van der Waals surface area contributed by atoms with Gasteiger partial charge in [0.1, 0.15) is 12.2 Å². The molecule has 0 bridgehead atoms. The molecule has 0 atom stereocenters. The number of aromatic nitrogens is 4. The van der Waals surface area contributed by atoms with E-state index in [1.54, 1.807) is 18.0 Å². The number of para-hydroxylation sites is 1. The molecule has 5 rings (SSSR count). The largest absolute Gasteiger partial charge is 0.380 e. The molecular formula is C25H19BrN4O2. The first-order valence-corrected chi connectivity index (χ1v) is 10.8. The quantitative estimate of drug-likeness (QED) is 0.344. The van der Waals surface area contributed by atoms with Gasteiger partial charge in [0.2, 0.25) is 0 Å². The average Bonchev–Trinajstić information content (AvgIpc) is 3.26. The number of halogens is 1. The Morgan fingerprint density at radius 1 is 0.906 bits per heavy atom. The molecule has 0 amide bonds. The molecule has 0 aliphatic heterocycles. The van der Waals surface area contributed by atoms with Gasteiger partial charge in [0.15, 0.2) is 11.2 Å². The standard InChI is InChI=1S/C25H19BrN4O2/c1-32-15-17-7-9-18(10-8-17)23-28-24-22(27-16-29(24)20-5-3-2-4-6-20)25(31)30(23)21-13-11-19(26)12-14-21/h2-14,16H,15H2,1H3. The summed E-state index contributed by atoms with van der Waals surface area (Å²) in [5, 5.41) is 0. The minimum Gasteiger partial charge on any atom is -0.380 e. The first-order valence-electron chi connectivity index (χ1n) is 10.1. The topological polar surface area (TPSA) is 61.9 Å². The maximum absolute atomic E-state index is 13.6.